The van der Waals surface area contributed by atoms with E-state index in [1.54, 1.807) is 0 Å². The predicted molar refractivity (Wildman–Crippen MR) is 204 cm³/mol. The van der Waals surface area contributed by atoms with Gasteiger partial charge in [0, 0.05) is 51.3 Å². The van der Waals surface area contributed by atoms with Gasteiger partial charge in [-0.05, 0) is 119 Å². The van der Waals surface area contributed by atoms with Crippen LogP contribution in [0.1, 0.15) is 112 Å². The molecule has 0 bridgehead atoms. The molecule has 0 atom stereocenters. The molecule has 3 aliphatic carbocycles. The predicted octanol–water partition coefficient (Wildman–Crippen LogP) is 13.2. The van der Waals surface area contributed by atoms with Crippen molar-refractivity contribution in [3.63, 3.8) is 0 Å². The van der Waals surface area contributed by atoms with Crippen LogP contribution in [0.15, 0.2) is 103 Å². The fraction of sp³-hybridized carbons (Fsp3) is 0.348. The largest absolute Gasteiger partial charge is 0.344 e. The zero-order valence-electron chi connectivity index (χ0n) is 28.9. The van der Waals surface area contributed by atoms with Crippen molar-refractivity contribution in [3.8, 4) is 11.1 Å². The van der Waals surface area contributed by atoms with Crippen molar-refractivity contribution in [2.24, 2.45) is 7.05 Å². The van der Waals surface area contributed by atoms with Crippen molar-refractivity contribution in [2.75, 3.05) is 4.90 Å². The van der Waals surface area contributed by atoms with Crippen LogP contribution in [0.3, 0.4) is 0 Å². The number of aromatic nitrogens is 1. The maximum Gasteiger partial charge on any atom is 0.0495 e. The van der Waals surface area contributed by atoms with E-state index >= 15 is 0 Å². The van der Waals surface area contributed by atoms with Gasteiger partial charge in [0.25, 0.3) is 0 Å². The van der Waals surface area contributed by atoms with E-state index in [0.29, 0.717) is 11.8 Å². The summed E-state index contributed by atoms with van der Waals surface area (Å²) in [6, 6.07) is 40.1. The molecule has 5 aromatic carbocycles. The summed E-state index contributed by atoms with van der Waals surface area (Å²) in [4.78, 5) is 2.50. The van der Waals surface area contributed by atoms with Crippen LogP contribution in [0, 0.1) is 0 Å². The Balaban J connectivity index is 1.17. The molecule has 0 spiro atoms. The SMILES string of the molecule is Cn1c2ccccc2c2c3c(ccc21)C(C)(C)c1cc(N(c2ccc(C4CCCCC4)cc2)c2ccc(C4CCCCC4)cc2)ccc1-3. The van der Waals surface area contributed by atoms with Crippen molar-refractivity contribution in [3.05, 3.63) is 125 Å². The second-order valence-electron chi connectivity index (χ2n) is 15.5. The van der Waals surface area contributed by atoms with Crippen LogP contribution < -0.4 is 4.90 Å². The molecule has 9 rings (SSSR count). The Bertz CT molecular complexity index is 2060. The molecule has 242 valence electrons. The third-order valence-corrected chi connectivity index (χ3v) is 12.4. The van der Waals surface area contributed by atoms with Gasteiger partial charge in [0.1, 0.15) is 0 Å². The molecular weight excluding hydrogens is 581 g/mol. The van der Waals surface area contributed by atoms with Gasteiger partial charge in [-0.3, -0.25) is 0 Å². The fourth-order valence-corrected chi connectivity index (χ4v) is 9.71. The van der Waals surface area contributed by atoms with Gasteiger partial charge in [0.05, 0.1) is 0 Å². The molecule has 2 nitrogen and oxygen atoms in total. The van der Waals surface area contributed by atoms with E-state index in [9.17, 15) is 0 Å². The fourth-order valence-electron chi connectivity index (χ4n) is 9.71. The first-order valence-electron chi connectivity index (χ1n) is 18.6. The van der Waals surface area contributed by atoms with Gasteiger partial charge in [-0.1, -0.05) is 107 Å². The van der Waals surface area contributed by atoms with Crippen molar-refractivity contribution in [1.29, 1.82) is 0 Å². The van der Waals surface area contributed by atoms with E-state index in [-0.39, 0.29) is 5.41 Å². The second-order valence-corrected chi connectivity index (χ2v) is 15.5. The number of rotatable bonds is 5. The van der Waals surface area contributed by atoms with Crippen molar-refractivity contribution >= 4 is 38.9 Å². The van der Waals surface area contributed by atoms with Gasteiger partial charge in [0.2, 0.25) is 0 Å². The Labute approximate surface area is 286 Å². The van der Waals surface area contributed by atoms with Gasteiger partial charge >= 0.3 is 0 Å². The molecule has 0 amide bonds. The van der Waals surface area contributed by atoms with Crippen LogP contribution in [0.5, 0.6) is 0 Å². The monoisotopic (exact) mass is 628 g/mol. The Morgan fingerprint density at radius 2 is 1.12 bits per heavy atom. The number of fused-ring (bicyclic) bond motifs is 7. The average Bonchev–Trinajstić information content (AvgIpc) is 3.56. The van der Waals surface area contributed by atoms with Crippen LogP contribution in [0.4, 0.5) is 17.1 Å². The molecule has 2 fully saturated rings. The minimum atomic E-state index is -0.104. The summed E-state index contributed by atoms with van der Waals surface area (Å²) in [5, 5.41) is 2.73. The molecule has 2 saturated carbocycles. The van der Waals surface area contributed by atoms with Crippen molar-refractivity contribution in [2.45, 2.75) is 95.3 Å². The lowest BCUT2D eigenvalue weighted by atomic mass is 9.82. The molecule has 6 aromatic rings. The molecule has 0 unspecified atom stereocenters. The highest BCUT2D eigenvalue weighted by Gasteiger charge is 2.38. The van der Waals surface area contributed by atoms with E-state index in [1.165, 1.54) is 136 Å². The lowest BCUT2D eigenvalue weighted by Gasteiger charge is -2.29. The number of hydrogen-bond acceptors (Lipinski definition) is 1. The first kappa shape index (κ1) is 29.8. The van der Waals surface area contributed by atoms with E-state index in [2.05, 4.69) is 133 Å². The van der Waals surface area contributed by atoms with Crippen LogP contribution in [-0.4, -0.2) is 4.57 Å². The highest BCUT2D eigenvalue weighted by molar-refractivity contribution is 6.17. The number of nitrogens with zero attached hydrogens (tertiary/aromatic N) is 2. The van der Waals surface area contributed by atoms with Crippen molar-refractivity contribution in [1.82, 2.24) is 4.57 Å². The lowest BCUT2D eigenvalue weighted by Crippen LogP contribution is -2.16. The summed E-state index contributed by atoms with van der Waals surface area (Å²) < 4.78 is 2.36. The minimum Gasteiger partial charge on any atom is -0.344 e. The van der Waals surface area contributed by atoms with E-state index in [4.69, 9.17) is 0 Å². The van der Waals surface area contributed by atoms with E-state index in [1.807, 2.05) is 0 Å². The summed E-state index contributed by atoms with van der Waals surface area (Å²) in [5.41, 5.74) is 14.9. The minimum absolute atomic E-state index is 0.104. The zero-order valence-corrected chi connectivity index (χ0v) is 28.9. The first-order chi connectivity index (χ1) is 23.5. The second kappa shape index (κ2) is 11.7. The van der Waals surface area contributed by atoms with E-state index < -0.39 is 0 Å². The van der Waals surface area contributed by atoms with Crippen LogP contribution in [0.25, 0.3) is 32.9 Å². The lowest BCUT2D eigenvalue weighted by molar-refractivity contribution is 0.443. The molecule has 0 aliphatic heterocycles. The number of aryl methyl sites for hydroxylation is 1. The Kier molecular flexibility index (Phi) is 7.26. The highest BCUT2D eigenvalue weighted by atomic mass is 15.1. The third-order valence-electron chi connectivity index (χ3n) is 12.4. The summed E-state index contributed by atoms with van der Waals surface area (Å²) in [6.07, 6.45) is 13.6. The summed E-state index contributed by atoms with van der Waals surface area (Å²) in [7, 11) is 2.21. The molecule has 1 heterocycles. The topological polar surface area (TPSA) is 8.17 Å². The molecule has 48 heavy (non-hydrogen) atoms. The normalized spacial score (nSPS) is 17.9. The molecular formula is C46H48N2. The molecule has 3 aliphatic rings. The molecule has 1 aromatic heterocycles. The Morgan fingerprint density at radius 3 is 1.73 bits per heavy atom. The number of anilines is 3. The zero-order chi connectivity index (χ0) is 32.4. The molecule has 2 heteroatoms. The highest BCUT2D eigenvalue weighted by Crippen LogP contribution is 2.54. The Morgan fingerprint density at radius 1 is 0.562 bits per heavy atom. The average molecular weight is 629 g/mol. The Hall–Kier alpha value is -4.30. The molecule has 0 saturated heterocycles. The van der Waals surface area contributed by atoms with Crippen molar-refractivity contribution < 1.29 is 0 Å². The van der Waals surface area contributed by atoms with Crippen LogP contribution in [-0.2, 0) is 12.5 Å². The van der Waals surface area contributed by atoms with Crippen LogP contribution in [0.2, 0.25) is 0 Å². The summed E-state index contributed by atoms with van der Waals surface area (Å²) >= 11 is 0. The summed E-state index contributed by atoms with van der Waals surface area (Å²) in [6.45, 7) is 4.83. The molecule has 0 radical (unpaired) electrons. The quantitative estimate of drug-likeness (QED) is 0.184. The summed E-state index contributed by atoms with van der Waals surface area (Å²) in [5.74, 6) is 1.42. The standard InChI is InChI=1S/C46H48N2/c1-46(2)40-28-29-43-45(39-16-10-11-17-42(39)47(43)3)44(40)38-27-26-37(30-41(38)46)48(35-22-18-33(19-23-35)31-12-6-4-7-13-31)36-24-20-34(21-25-36)32-14-8-5-9-15-32/h10-11,16-32H,4-9,12-15H2,1-3H3. The van der Waals surface area contributed by atoms with Gasteiger partial charge in [0.15, 0.2) is 0 Å². The van der Waals surface area contributed by atoms with E-state index in [0.717, 1.165) is 0 Å². The van der Waals surface area contributed by atoms with Crippen LogP contribution >= 0.6 is 0 Å². The van der Waals surface area contributed by atoms with Gasteiger partial charge < -0.3 is 9.47 Å². The third kappa shape index (κ3) is 4.74. The van der Waals surface area contributed by atoms with Gasteiger partial charge in [-0.25, -0.2) is 0 Å². The smallest absolute Gasteiger partial charge is 0.0495 e. The maximum absolute atomic E-state index is 2.50. The maximum atomic E-state index is 2.50. The number of benzene rings is 5. The number of hydrogen-bond donors (Lipinski definition) is 0. The van der Waals surface area contributed by atoms with Gasteiger partial charge in [-0.15, -0.1) is 0 Å². The first-order valence-corrected chi connectivity index (χ1v) is 18.6. The molecule has 0 N–H and O–H groups in total. The number of para-hydroxylation sites is 1. The van der Waals surface area contributed by atoms with Gasteiger partial charge in [-0.2, -0.15) is 0 Å².